The fourth-order valence-corrected chi connectivity index (χ4v) is 5.77. The van der Waals surface area contributed by atoms with Crippen LogP contribution in [-0.2, 0) is 0 Å². The van der Waals surface area contributed by atoms with E-state index in [9.17, 15) is 0 Å². The number of halogens is 2. The van der Waals surface area contributed by atoms with Gasteiger partial charge in [-0.3, -0.25) is 4.90 Å². The Bertz CT molecular complexity index is 657. The quantitative estimate of drug-likeness (QED) is 0.531. The van der Waals surface area contributed by atoms with E-state index < -0.39 is 0 Å². The first-order chi connectivity index (χ1) is 11.1. The third kappa shape index (κ3) is 2.81. The zero-order valence-corrected chi connectivity index (χ0v) is 16.7. The molecule has 2 heterocycles. The number of nitrogens with zero attached hydrogens (tertiary/aromatic N) is 1. The van der Waals surface area contributed by atoms with Gasteiger partial charge in [-0.2, -0.15) is 0 Å². The summed E-state index contributed by atoms with van der Waals surface area (Å²) in [6.45, 7) is 4.69. The minimum atomic E-state index is -0.198. The summed E-state index contributed by atoms with van der Waals surface area (Å²) in [5.74, 6) is 1.77. The Balaban J connectivity index is 1.79. The van der Waals surface area contributed by atoms with Crippen molar-refractivity contribution in [2.45, 2.75) is 51.2 Å². The van der Waals surface area contributed by atoms with Gasteiger partial charge in [0.1, 0.15) is 5.75 Å². The van der Waals surface area contributed by atoms with Gasteiger partial charge in [0.25, 0.3) is 0 Å². The topological polar surface area (TPSA) is 12.5 Å². The summed E-state index contributed by atoms with van der Waals surface area (Å²) in [4.78, 5) is 2.63. The van der Waals surface area contributed by atoms with E-state index in [1.165, 1.54) is 36.8 Å². The molecule has 4 heteroatoms. The number of hydrogen-bond acceptors (Lipinski definition) is 2. The lowest BCUT2D eigenvalue weighted by molar-refractivity contribution is -0.0905. The van der Waals surface area contributed by atoms with Gasteiger partial charge in [0.05, 0.1) is 4.47 Å². The van der Waals surface area contributed by atoms with Crippen LogP contribution in [0.15, 0.2) is 26.7 Å². The second-order valence-corrected chi connectivity index (χ2v) is 9.03. The molecule has 2 aliphatic heterocycles. The summed E-state index contributed by atoms with van der Waals surface area (Å²) < 4.78 is 8.93. The number of hydrogen-bond donors (Lipinski definition) is 0. The van der Waals surface area contributed by atoms with Gasteiger partial charge < -0.3 is 4.74 Å². The van der Waals surface area contributed by atoms with Crippen molar-refractivity contribution >= 4 is 37.9 Å². The average Bonchev–Trinajstić information content (AvgIpc) is 2.53. The van der Waals surface area contributed by atoms with Crippen LogP contribution in [0.1, 0.15) is 51.0 Å². The van der Waals surface area contributed by atoms with Crippen LogP contribution in [-0.4, -0.2) is 23.7 Å². The highest BCUT2D eigenvalue weighted by Crippen LogP contribution is 2.49. The lowest BCUT2D eigenvalue weighted by Crippen LogP contribution is -2.59. The zero-order valence-electron chi connectivity index (χ0n) is 13.6. The molecule has 2 fully saturated rings. The standard InChI is InChI=1S/C19H23Br2NO/c1-13-5-4-8-22(12-13)19-7-3-2-6-15(19)9-14-10-16(20)11-17(21)18(14)23-19/h9-11,13H,2-8,12H2,1H3. The molecule has 0 bridgehead atoms. The van der Waals surface area contributed by atoms with E-state index >= 15 is 0 Å². The summed E-state index contributed by atoms with van der Waals surface area (Å²) in [6.07, 6.45) is 9.85. The molecule has 1 saturated heterocycles. The SMILES string of the molecule is CC1CCCN(C23CCCCC2=Cc2cc(Br)cc(Br)c2O3)C1. The van der Waals surface area contributed by atoms with E-state index in [-0.39, 0.29) is 5.72 Å². The van der Waals surface area contributed by atoms with Crippen LogP contribution in [0.25, 0.3) is 6.08 Å². The van der Waals surface area contributed by atoms with Crippen molar-refractivity contribution < 1.29 is 4.74 Å². The first-order valence-electron chi connectivity index (χ1n) is 8.73. The highest BCUT2D eigenvalue weighted by atomic mass is 79.9. The maximum absolute atomic E-state index is 6.79. The van der Waals surface area contributed by atoms with Crippen molar-refractivity contribution in [1.82, 2.24) is 4.90 Å². The van der Waals surface area contributed by atoms with Crippen molar-refractivity contribution in [3.05, 3.63) is 32.2 Å². The molecule has 3 aliphatic rings. The Morgan fingerprint density at radius 3 is 2.91 bits per heavy atom. The number of piperidine rings is 1. The summed E-state index contributed by atoms with van der Waals surface area (Å²) in [7, 11) is 0. The smallest absolute Gasteiger partial charge is 0.186 e. The number of benzene rings is 1. The van der Waals surface area contributed by atoms with Crippen molar-refractivity contribution in [2.75, 3.05) is 13.1 Å². The van der Waals surface area contributed by atoms with Crippen LogP contribution in [0.3, 0.4) is 0 Å². The predicted molar refractivity (Wildman–Crippen MR) is 102 cm³/mol. The molecule has 0 aromatic heterocycles. The Morgan fingerprint density at radius 2 is 2.09 bits per heavy atom. The second-order valence-electron chi connectivity index (χ2n) is 7.26. The molecule has 2 atom stereocenters. The van der Waals surface area contributed by atoms with Crippen molar-refractivity contribution in [3.8, 4) is 5.75 Å². The van der Waals surface area contributed by atoms with Gasteiger partial charge >= 0.3 is 0 Å². The Kier molecular flexibility index (Phi) is 4.36. The molecule has 4 rings (SSSR count). The fourth-order valence-electron chi connectivity index (χ4n) is 4.43. The van der Waals surface area contributed by atoms with Crippen LogP contribution >= 0.6 is 31.9 Å². The molecule has 0 spiro atoms. The maximum atomic E-state index is 6.79. The molecule has 0 N–H and O–H groups in total. The maximum Gasteiger partial charge on any atom is 0.186 e. The van der Waals surface area contributed by atoms with E-state index in [2.05, 4.69) is 61.9 Å². The second kappa shape index (κ2) is 6.20. The molecule has 2 unspecified atom stereocenters. The van der Waals surface area contributed by atoms with Crippen LogP contribution in [0.2, 0.25) is 0 Å². The average molecular weight is 441 g/mol. The minimum absolute atomic E-state index is 0.198. The minimum Gasteiger partial charge on any atom is -0.467 e. The number of fused-ring (bicyclic) bond motifs is 2. The monoisotopic (exact) mass is 439 g/mol. The highest BCUT2D eigenvalue weighted by molar-refractivity contribution is 9.11. The van der Waals surface area contributed by atoms with Crippen molar-refractivity contribution in [1.29, 1.82) is 0 Å². The van der Waals surface area contributed by atoms with Gasteiger partial charge in [-0.25, -0.2) is 0 Å². The van der Waals surface area contributed by atoms with Gasteiger partial charge in [0.2, 0.25) is 0 Å². The van der Waals surface area contributed by atoms with E-state index in [0.29, 0.717) is 0 Å². The van der Waals surface area contributed by atoms with E-state index in [4.69, 9.17) is 4.74 Å². The molecule has 23 heavy (non-hydrogen) atoms. The Labute approximate surface area is 155 Å². The van der Waals surface area contributed by atoms with Crippen LogP contribution < -0.4 is 4.74 Å². The molecule has 1 aromatic carbocycles. The molecule has 0 amide bonds. The molecule has 0 radical (unpaired) electrons. The first kappa shape index (κ1) is 16.2. The third-order valence-electron chi connectivity index (χ3n) is 5.52. The predicted octanol–water partition coefficient (Wildman–Crippen LogP) is 5.99. The lowest BCUT2D eigenvalue weighted by atomic mass is 9.80. The van der Waals surface area contributed by atoms with Gasteiger partial charge in [-0.15, -0.1) is 0 Å². The Hall–Kier alpha value is -0.320. The molecule has 124 valence electrons. The van der Waals surface area contributed by atoms with E-state index in [1.54, 1.807) is 0 Å². The van der Waals surface area contributed by atoms with Crippen molar-refractivity contribution in [3.63, 3.8) is 0 Å². The summed E-state index contributed by atoms with van der Waals surface area (Å²) in [5.41, 5.74) is 2.48. The fraction of sp³-hybridized carbons (Fsp3) is 0.579. The number of rotatable bonds is 1. The third-order valence-corrected chi connectivity index (χ3v) is 6.57. The Morgan fingerprint density at radius 1 is 1.22 bits per heavy atom. The molecular formula is C19H23Br2NO. The van der Waals surface area contributed by atoms with Crippen LogP contribution in [0, 0.1) is 5.92 Å². The summed E-state index contributed by atoms with van der Waals surface area (Å²) in [5, 5.41) is 0. The van der Waals surface area contributed by atoms with E-state index in [0.717, 1.165) is 46.5 Å². The van der Waals surface area contributed by atoms with E-state index in [1.807, 2.05) is 0 Å². The number of ether oxygens (including phenoxy) is 1. The highest BCUT2D eigenvalue weighted by Gasteiger charge is 2.47. The molecule has 1 aromatic rings. The zero-order chi connectivity index (χ0) is 16.0. The largest absolute Gasteiger partial charge is 0.467 e. The first-order valence-corrected chi connectivity index (χ1v) is 10.3. The van der Waals surface area contributed by atoms with Gasteiger partial charge in [-0.1, -0.05) is 22.9 Å². The van der Waals surface area contributed by atoms with Gasteiger partial charge in [-0.05, 0) is 77.7 Å². The number of likely N-dealkylation sites (tertiary alicyclic amines) is 1. The van der Waals surface area contributed by atoms with Crippen molar-refractivity contribution in [2.24, 2.45) is 5.92 Å². The summed E-state index contributed by atoms with van der Waals surface area (Å²) in [6, 6.07) is 4.26. The van der Waals surface area contributed by atoms with Crippen LogP contribution in [0.5, 0.6) is 5.75 Å². The summed E-state index contributed by atoms with van der Waals surface area (Å²) >= 11 is 7.31. The molecule has 2 nitrogen and oxygen atoms in total. The van der Waals surface area contributed by atoms with Gasteiger partial charge in [0.15, 0.2) is 5.72 Å². The lowest BCUT2D eigenvalue weighted by Gasteiger charge is -2.51. The molecule has 1 aliphatic carbocycles. The molecular weight excluding hydrogens is 418 g/mol. The molecule has 1 saturated carbocycles. The normalized spacial score (nSPS) is 30.9. The van der Waals surface area contributed by atoms with Crippen LogP contribution in [0.4, 0.5) is 0 Å². The van der Waals surface area contributed by atoms with Gasteiger partial charge in [0, 0.05) is 29.5 Å².